The summed E-state index contributed by atoms with van der Waals surface area (Å²) in [6.07, 6.45) is 0. The third-order valence-corrected chi connectivity index (χ3v) is 4.92. The van der Waals surface area contributed by atoms with E-state index in [4.69, 9.17) is 4.52 Å². The normalized spacial score (nSPS) is 11.7. The van der Waals surface area contributed by atoms with Crippen molar-refractivity contribution in [3.05, 3.63) is 65.4 Å². The van der Waals surface area contributed by atoms with Crippen LogP contribution >= 0.6 is 0 Å². The summed E-state index contributed by atoms with van der Waals surface area (Å²) in [7, 11) is 0. The highest BCUT2D eigenvalue weighted by molar-refractivity contribution is 6.00. The Labute approximate surface area is 193 Å². The molecule has 0 spiro atoms. The monoisotopic (exact) mass is 472 g/mol. The molecule has 0 saturated heterocycles. The number of nitrogens with zero attached hydrogens (tertiary/aromatic N) is 1. The number of carboxylic acid groups (broad SMARTS) is 1. The molecule has 1 unspecified atom stereocenters. The third-order valence-electron chi connectivity index (χ3n) is 4.92. The molecule has 0 radical (unpaired) electrons. The number of aryl methyl sites for hydroxylation is 1. The minimum absolute atomic E-state index is 0.159. The molecule has 1 atom stereocenters. The molecule has 3 aromatic rings. The lowest BCUT2D eigenvalue weighted by atomic mass is 10.0. The number of benzene rings is 2. The van der Waals surface area contributed by atoms with Crippen molar-refractivity contribution in [1.82, 2.24) is 10.5 Å². The van der Waals surface area contributed by atoms with Crippen molar-refractivity contribution in [1.29, 1.82) is 0 Å². The van der Waals surface area contributed by atoms with Crippen LogP contribution in [0.3, 0.4) is 0 Å². The molecule has 3 amide bonds. The Morgan fingerprint density at radius 3 is 2.29 bits per heavy atom. The maximum absolute atomic E-state index is 13.7. The summed E-state index contributed by atoms with van der Waals surface area (Å²) in [6.45, 7) is 5.02. The van der Waals surface area contributed by atoms with Gasteiger partial charge in [0.15, 0.2) is 0 Å². The average Bonchev–Trinajstić information content (AvgIpc) is 3.26. The van der Waals surface area contributed by atoms with Gasteiger partial charge < -0.3 is 25.6 Å². The molecule has 2 aromatic carbocycles. The van der Waals surface area contributed by atoms with Gasteiger partial charge in [-0.2, -0.15) is 0 Å². The third kappa shape index (κ3) is 5.55. The van der Waals surface area contributed by atoms with Crippen molar-refractivity contribution in [2.24, 2.45) is 5.92 Å². The predicted molar refractivity (Wildman–Crippen MR) is 119 cm³/mol. The molecule has 0 fully saturated rings. The number of anilines is 2. The fourth-order valence-electron chi connectivity index (χ4n) is 3.09. The second-order valence-electron chi connectivity index (χ2n) is 7.82. The molecule has 1 heterocycles. The molecule has 0 bridgehead atoms. The van der Waals surface area contributed by atoms with E-state index in [2.05, 4.69) is 21.1 Å². The van der Waals surface area contributed by atoms with Crippen LogP contribution in [0.25, 0.3) is 11.3 Å². The van der Waals surface area contributed by atoms with E-state index in [0.717, 1.165) is 12.1 Å². The first-order valence-electron chi connectivity index (χ1n) is 10.2. The van der Waals surface area contributed by atoms with Crippen molar-refractivity contribution in [3.63, 3.8) is 0 Å². The number of aliphatic carboxylic acids is 1. The Morgan fingerprint density at radius 1 is 1.03 bits per heavy atom. The largest absolute Gasteiger partial charge is 0.480 e. The molecule has 9 nitrogen and oxygen atoms in total. The molecule has 1 aromatic heterocycles. The highest BCUT2D eigenvalue weighted by Crippen LogP contribution is 2.25. The molecule has 3 rings (SSSR count). The van der Waals surface area contributed by atoms with Gasteiger partial charge >= 0.3 is 12.0 Å². The van der Waals surface area contributed by atoms with Crippen LogP contribution in [-0.2, 0) is 4.79 Å². The molecule has 34 heavy (non-hydrogen) atoms. The van der Waals surface area contributed by atoms with Crippen LogP contribution in [0.5, 0.6) is 0 Å². The number of halogens is 2. The number of carbonyl (C=O) groups excluding carboxylic acids is 2. The van der Waals surface area contributed by atoms with Gasteiger partial charge in [-0.05, 0) is 42.7 Å². The van der Waals surface area contributed by atoms with E-state index < -0.39 is 41.3 Å². The number of nitrogens with one attached hydrogen (secondary N) is 3. The number of hydrogen-bond acceptors (Lipinski definition) is 5. The zero-order valence-electron chi connectivity index (χ0n) is 18.5. The smallest absolute Gasteiger partial charge is 0.326 e. The first-order chi connectivity index (χ1) is 16.1. The lowest BCUT2D eigenvalue weighted by molar-refractivity contribution is -0.140. The zero-order chi connectivity index (χ0) is 25.0. The highest BCUT2D eigenvalue weighted by Gasteiger charge is 2.26. The van der Waals surface area contributed by atoms with Crippen LogP contribution in [0.1, 0.15) is 30.0 Å². The van der Waals surface area contributed by atoms with Crippen LogP contribution in [0, 0.1) is 24.5 Å². The number of hydrogen-bond donors (Lipinski definition) is 4. The SMILES string of the molecule is Cc1cc(-c2cc(C(=O)NC(C(=O)O)C(C)C)on2)ccc1NC(=O)Nc1c(F)cccc1F. The van der Waals surface area contributed by atoms with Gasteiger partial charge in [-0.3, -0.25) is 4.79 Å². The van der Waals surface area contributed by atoms with Crippen LogP contribution < -0.4 is 16.0 Å². The van der Waals surface area contributed by atoms with Crippen molar-refractivity contribution in [2.75, 3.05) is 10.6 Å². The minimum atomic E-state index is -1.16. The summed E-state index contributed by atoms with van der Waals surface area (Å²) >= 11 is 0. The number of aromatic nitrogens is 1. The van der Waals surface area contributed by atoms with Gasteiger partial charge in [-0.1, -0.05) is 31.1 Å². The molecular formula is C23H22F2N4O5. The standard InChI is InChI=1S/C23H22F2N4O5/c1-11(2)19(22(31)32)27-21(30)18-10-17(29-34-18)13-7-8-16(12(3)9-13)26-23(33)28-20-14(24)5-4-6-15(20)25/h4-11,19H,1-3H3,(H,27,30)(H,31,32)(H2,26,28,33). The van der Waals surface area contributed by atoms with E-state index in [-0.39, 0.29) is 11.7 Å². The molecule has 0 aliphatic carbocycles. The van der Waals surface area contributed by atoms with Gasteiger partial charge in [0.1, 0.15) is 29.1 Å². The van der Waals surface area contributed by atoms with Gasteiger partial charge in [0.25, 0.3) is 5.91 Å². The quantitative estimate of drug-likeness (QED) is 0.403. The van der Waals surface area contributed by atoms with E-state index >= 15 is 0 Å². The minimum Gasteiger partial charge on any atom is -0.480 e. The molecule has 4 N–H and O–H groups in total. The number of rotatable bonds is 7. The van der Waals surface area contributed by atoms with Gasteiger partial charge in [0.2, 0.25) is 5.76 Å². The Bertz CT molecular complexity index is 1220. The summed E-state index contributed by atoms with van der Waals surface area (Å²) in [5.41, 5.74) is 1.28. The van der Waals surface area contributed by atoms with Gasteiger partial charge in [-0.25, -0.2) is 18.4 Å². The van der Waals surface area contributed by atoms with Crippen molar-refractivity contribution >= 4 is 29.3 Å². The van der Waals surface area contributed by atoms with Crippen molar-refractivity contribution in [2.45, 2.75) is 26.8 Å². The number of amides is 3. The van der Waals surface area contributed by atoms with Crippen LogP contribution in [0.4, 0.5) is 25.0 Å². The second kappa shape index (κ2) is 10.1. The van der Waals surface area contributed by atoms with Crippen LogP contribution in [0.15, 0.2) is 47.0 Å². The molecule has 0 saturated carbocycles. The van der Waals surface area contributed by atoms with E-state index in [1.54, 1.807) is 39.0 Å². The summed E-state index contributed by atoms with van der Waals surface area (Å²) in [4.78, 5) is 35.8. The maximum Gasteiger partial charge on any atom is 0.326 e. The van der Waals surface area contributed by atoms with E-state index in [1.165, 1.54) is 12.1 Å². The maximum atomic E-state index is 13.7. The van der Waals surface area contributed by atoms with Crippen molar-refractivity contribution < 1.29 is 32.8 Å². The molecular weight excluding hydrogens is 450 g/mol. The van der Waals surface area contributed by atoms with Crippen LogP contribution in [-0.4, -0.2) is 34.2 Å². The molecule has 178 valence electrons. The second-order valence-corrected chi connectivity index (χ2v) is 7.82. The van der Waals surface area contributed by atoms with Gasteiger partial charge in [0, 0.05) is 17.3 Å². The number of urea groups is 1. The summed E-state index contributed by atoms with van der Waals surface area (Å²) in [5, 5.41) is 20.1. The average molecular weight is 472 g/mol. The molecule has 0 aliphatic rings. The molecule has 0 aliphatic heterocycles. The topological polar surface area (TPSA) is 134 Å². The number of para-hydroxylation sites is 1. The van der Waals surface area contributed by atoms with E-state index in [0.29, 0.717) is 22.5 Å². The Balaban J connectivity index is 1.71. The predicted octanol–water partition coefficient (Wildman–Crippen LogP) is 4.41. The van der Waals surface area contributed by atoms with Gasteiger partial charge in [0.05, 0.1) is 0 Å². The van der Waals surface area contributed by atoms with Gasteiger partial charge in [-0.15, -0.1) is 0 Å². The Morgan fingerprint density at radius 2 is 1.71 bits per heavy atom. The van der Waals surface area contributed by atoms with E-state index in [9.17, 15) is 28.3 Å². The van der Waals surface area contributed by atoms with E-state index in [1.807, 2.05) is 0 Å². The first kappa shape index (κ1) is 24.4. The fourth-order valence-corrected chi connectivity index (χ4v) is 3.09. The molecule has 11 heteroatoms. The first-order valence-corrected chi connectivity index (χ1v) is 10.2. The van der Waals surface area contributed by atoms with Crippen LogP contribution in [0.2, 0.25) is 0 Å². The summed E-state index contributed by atoms with van der Waals surface area (Å²) < 4.78 is 32.5. The zero-order valence-corrected chi connectivity index (χ0v) is 18.5. The lowest BCUT2D eigenvalue weighted by Crippen LogP contribution is -2.44. The highest BCUT2D eigenvalue weighted by atomic mass is 19.1. The fraction of sp³-hybridized carbons (Fsp3) is 0.217. The summed E-state index contributed by atoms with van der Waals surface area (Å²) in [6, 6.07) is 7.49. The Kier molecular flexibility index (Phi) is 7.24. The number of carbonyl (C=O) groups is 3. The van der Waals surface area contributed by atoms with Crippen molar-refractivity contribution in [3.8, 4) is 11.3 Å². The Hall–Kier alpha value is -4.28. The summed E-state index contributed by atoms with van der Waals surface area (Å²) in [5.74, 6) is -4.19. The number of carboxylic acids is 1. The lowest BCUT2D eigenvalue weighted by Gasteiger charge is -2.16.